The van der Waals surface area contributed by atoms with Crippen LogP contribution in [0.25, 0.3) is 6.08 Å². The lowest BCUT2D eigenvalue weighted by molar-refractivity contribution is -0.116. The Morgan fingerprint density at radius 2 is 1.84 bits per heavy atom. The van der Waals surface area contributed by atoms with Crippen molar-refractivity contribution in [2.75, 3.05) is 20.6 Å². The Morgan fingerprint density at radius 1 is 1.26 bits per heavy atom. The summed E-state index contributed by atoms with van der Waals surface area (Å²) in [6, 6.07) is 8.07. The molecule has 0 heterocycles. The molecule has 1 aromatic carbocycles. The summed E-state index contributed by atoms with van der Waals surface area (Å²) in [6.07, 6.45) is 3.41. The molecule has 0 radical (unpaired) electrons. The van der Waals surface area contributed by atoms with Crippen LogP contribution in [0.2, 0.25) is 0 Å². The molecule has 0 saturated heterocycles. The summed E-state index contributed by atoms with van der Waals surface area (Å²) < 4.78 is 0. The van der Waals surface area contributed by atoms with Gasteiger partial charge in [-0.05, 0) is 46.5 Å². The van der Waals surface area contributed by atoms with Gasteiger partial charge in [-0.15, -0.1) is 0 Å². The Kier molecular flexibility index (Phi) is 5.31. The molecule has 0 fully saturated rings. The molecular formula is C16H24N2O. The summed E-state index contributed by atoms with van der Waals surface area (Å²) in [4.78, 5) is 13.8. The minimum atomic E-state index is -0.0597. The van der Waals surface area contributed by atoms with Crippen molar-refractivity contribution in [1.29, 1.82) is 0 Å². The molecule has 0 atom stereocenters. The van der Waals surface area contributed by atoms with E-state index in [1.807, 2.05) is 51.4 Å². The molecule has 0 bridgehead atoms. The van der Waals surface area contributed by atoms with Gasteiger partial charge in [-0.2, -0.15) is 0 Å². The standard InChI is InChI=1S/C16H24N2O/c1-13-6-8-14(9-7-13)10-11-15(19)17-12-16(2,3)18(4)5/h6-11H,12H2,1-5H3,(H,17,19)/b11-10+. The maximum atomic E-state index is 11.7. The third kappa shape index (κ3) is 5.26. The van der Waals surface area contributed by atoms with E-state index in [9.17, 15) is 4.79 Å². The van der Waals surface area contributed by atoms with Gasteiger partial charge >= 0.3 is 0 Å². The van der Waals surface area contributed by atoms with Crippen LogP contribution in [0.5, 0.6) is 0 Å². The summed E-state index contributed by atoms with van der Waals surface area (Å²) in [5.41, 5.74) is 2.20. The monoisotopic (exact) mass is 260 g/mol. The Hall–Kier alpha value is -1.61. The van der Waals surface area contributed by atoms with Crippen LogP contribution in [0, 0.1) is 6.92 Å². The predicted octanol–water partition coefficient (Wildman–Crippen LogP) is 2.46. The summed E-state index contributed by atoms with van der Waals surface area (Å²) >= 11 is 0. The molecular weight excluding hydrogens is 236 g/mol. The lowest BCUT2D eigenvalue weighted by atomic mass is 10.0. The molecule has 0 unspecified atom stereocenters. The van der Waals surface area contributed by atoms with E-state index in [0.29, 0.717) is 6.54 Å². The third-order valence-electron chi connectivity index (χ3n) is 3.41. The number of hydrogen-bond donors (Lipinski definition) is 1. The van der Waals surface area contributed by atoms with Gasteiger partial charge in [-0.3, -0.25) is 4.79 Å². The fourth-order valence-corrected chi connectivity index (χ4v) is 1.37. The fourth-order valence-electron chi connectivity index (χ4n) is 1.37. The molecule has 0 aliphatic carbocycles. The SMILES string of the molecule is Cc1ccc(/C=C/C(=O)NCC(C)(C)N(C)C)cc1. The number of aryl methyl sites for hydroxylation is 1. The normalized spacial score (nSPS) is 12.1. The van der Waals surface area contributed by atoms with Crippen molar-refractivity contribution in [2.24, 2.45) is 0 Å². The maximum Gasteiger partial charge on any atom is 0.244 e. The summed E-state index contributed by atoms with van der Waals surface area (Å²) in [6.45, 7) is 6.86. The topological polar surface area (TPSA) is 32.3 Å². The zero-order valence-corrected chi connectivity index (χ0v) is 12.5. The largest absolute Gasteiger partial charge is 0.351 e. The number of rotatable bonds is 5. The molecule has 1 amide bonds. The van der Waals surface area contributed by atoms with Crippen LogP contribution >= 0.6 is 0 Å². The van der Waals surface area contributed by atoms with E-state index in [2.05, 4.69) is 24.1 Å². The van der Waals surface area contributed by atoms with Crippen molar-refractivity contribution in [1.82, 2.24) is 10.2 Å². The van der Waals surface area contributed by atoms with Crippen molar-refractivity contribution < 1.29 is 4.79 Å². The number of hydrogen-bond acceptors (Lipinski definition) is 2. The Morgan fingerprint density at radius 3 is 2.37 bits per heavy atom. The quantitative estimate of drug-likeness (QED) is 0.825. The number of carbonyl (C=O) groups excluding carboxylic acids is 1. The minimum Gasteiger partial charge on any atom is -0.351 e. The van der Waals surface area contributed by atoms with E-state index in [1.54, 1.807) is 6.08 Å². The zero-order valence-electron chi connectivity index (χ0n) is 12.5. The summed E-state index contributed by atoms with van der Waals surface area (Å²) in [7, 11) is 4.02. The van der Waals surface area contributed by atoms with Crippen molar-refractivity contribution in [3.63, 3.8) is 0 Å². The highest BCUT2D eigenvalue weighted by Gasteiger charge is 2.20. The second-order valence-corrected chi connectivity index (χ2v) is 5.67. The smallest absolute Gasteiger partial charge is 0.244 e. The van der Waals surface area contributed by atoms with Crippen LogP contribution in [0.3, 0.4) is 0 Å². The highest BCUT2D eigenvalue weighted by Crippen LogP contribution is 2.08. The number of benzene rings is 1. The molecule has 1 N–H and O–H groups in total. The molecule has 104 valence electrons. The molecule has 0 aromatic heterocycles. The Labute approximate surface area is 116 Å². The van der Waals surface area contributed by atoms with Gasteiger partial charge in [0, 0.05) is 18.2 Å². The van der Waals surface area contributed by atoms with E-state index in [-0.39, 0.29) is 11.4 Å². The molecule has 3 nitrogen and oxygen atoms in total. The van der Waals surface area contributed by atoms with Gasteiger partial charge in [-0.25, -0.2) is 0 Å². The van der Waals surface area contributed by atoms with Crippen LogP contribution in [0.15, 0.2) is 30.3 Å². The van der Waals surface area contributed by atoms with Crippen LogP contribution in [0.1, 0.15) is 25.0 Å². The van der Waals surface area contributed by atoms with Crippen LogP contribution in [-0.2, 0) is 4.79 Å². The highest BCUT2D eigenvalue weighted by atomic mass is 16.1. The molecule has 3 heteroatoms. The van der Waals surface area contributed by atoms with Gasteiger partial charge in [0.05, 0.1) is 0 Å². The first kappa shape index (κ1) is 15.4. The van der Waals surface area contributed by atoms with Gasteiger partial charge in [0.2, 0.25) is 5.91 Å². The molecule has 1 rings (SSSR count). The second kappa shape index (κ2) is 6.53. The molecule has 0 saturated carbocycles. The summed E-state index contributed by atoms with van der Waals surface area (Å²) in [5.74, 6) is -0.0597. The average Bonchev–Trinajstić information content (AvgIpc) is 2.35. The van der Waals surface area contributed by atoms with Gasteiger partial charge < -0.3 is 10.2 Å². The van der Waals surface area contributed by atoms with E-state index >= 15 is 0 Å². The molecule has 0 aliphatic heterocycles. The fraction of sp³-hybridized carbons (Fsp3) is 0.438. The first-order chi connectivity index (χ1) is 8.81. The zero-order chi connectivity index (χ0) is 14.5. The second-order valence-electron chi connectivity index (χ2n) is 5.67. The van der Waals surface area contributed by atoms with Crippen molar-refractivity contribution in [3.8, 4) is 0 Å². The van der Waals surface area contributed by atoms with E-state index in [1.165, 1.54) is 5.56 Å². The molecule has 1 aromatic rings. The number of amides is 1. The first-order valence-corrected chi connectivity index (χ1v) is 6.51. The number of likely N-dealkylation sites (N-methyl/N-ethyl adjacent to an activating group) is 1. The first-order valence-electron chi connectivity index (χ1n) is 6.51. The highest BCUT2D eigenvalue weighted by molar-refractivity contribution is 5.91. The Bertz CT molecular complexity index is 444. The lowest BCUT2D eigenvalue weighted by Gasteiger charge is -2.32. The summed E-state index contributed by atoms with van der Waals surface area (Å²) in [5, 5.41) is 2.92. The lowest BCUT2D eigenvalue weighted by Crippen LogP contribution is -2.47. The van der Waals surface area contributed by atoms with Crippen molar-refractivity contribution in [2.45, 2.75) is 26.3 Å². The number of carbonyl (C=O) groups is 1. The van der Waals surface area contributed by atoms with Crippen molar-refractivity contribution in [3.05, 3.63) is 41.5 Å². The number of nitrogens with one attached hydrogen (secondary N) is 1. The molecule has 19 heavy (non-hydrogen) atoms. The third-order valence-corrected chi connectivity index (χ3v) is 3.41. The molecule has 0 spiro atoms. The Balaban J connectivity index is 2.50. The van der Waals surface area contributed by atoms with E-state index in [0.717, 1.165) is 5.56 Å². The van der Waals surface area contributed by atoms with Crippen molar-refractivity contribution >= 4 is 12.0 Å². The maximum absolute atomic E-state index is 11.7. The minimum absolute atomic E-state index is 0.0483. The van der Waals surface area contributed by atoms with Crippen LogP contribution in [0.4, 0.5) is 0 Å². The number of nitrogens with zero attached hydrogens (tertiary/aromatic N) is 1. The van der Waals surface area contributed by atoms with E-state index in [4.69, 9.17) is 0 Å². The van der Waals surface area contributed by atoms with E-state index < -0.39 is 0 Å². The van der Waals surface area contributed by atoms with Crippen LogP contribution in [-0.4, -0.2) is 37.0 Å². The van der Waals surface area contributed by atoms with Gasteiger partial charge in [-0.1, -0.05) is 29.8 Å². The average molecular weight is 260 g/mol. The van der Waals surface area contributed by atoms with Gasteiger partial charge in [0.25, 0.3) is 0 Å². The predicted molar refractivity (Wildman–Crippen MR) is 81.0 cm³/mol. The van der Waals surface area contributed by atoms with Gasteiger partial charge in [0.1, 0.15) is 0 Å². The van der Waals surface area contributed by atoms with Gasteiger partial charge in [0.15, 0.2) is 0 Å². The molecule has 0 aliphatic rings. The van der Waals surface area contributed by atoms with Crippen LogP contribution < -0.4 is 5.32 Å².